The smallest absolute Gasteiger partial charge is 0.0676 e. The van der Waals surface area contributed by atoms with Crippen molar-refractivity contribution in [1.82, 2.24) is 0 Å². The van der Waals surface area contributed by atoms with E-state index in [4.69, 9.17) is 0 Å². The second-order valence-corrected chi connectivity index (χ2v) is 15.2. The molecule has 9 atom stereocenters. The van der Waals surface area contributed by atoms with E-state index < -0.39 is 5.60 Å². The maximum absolute atomic E-state index is 12.0. The van der Waals surface area contributed by atoms with Crippen molar-refractivity contribution in [3.63, 3.8) is 0 Å². The van der Waals surface area contributed by atoms with E-state index >= 15 is 0 Å². The first-order chi connectivity index (χ1) is 15.8. The average Bonchev–Trinajstić information content (AvgIpc) is 3.13. The zero-order valence-corrected chi connectivity index (χ0v) is 24.4. The summed E-state index contributed by atoms with van der Waals surface area (Å²) < 4.78 is 0. The second-order valence-electron chi connectivity index (χ2n) is 15.2. The summed E-state index contributed by atoms with van der Waals surface area (Å²) in [7, 11) is 0. The Balaban J connectivity index is 1.59. The highest BCUT2D eigenvalue weighted by Crippen LogP contribution is 2.76. The van der Waals surface area contributed by atoms with Crippen LogP contribution in [-0.4, -0.2) is 10.7 Å². The summed E-state index contributed by atoms with van der Waals surface area (Å²) >= 11 is 0. The molecule has 0 aromatic heterocycles. The van der Waals surface area contributed by atoms with Gasteiger partial charge in [-0.15, -0.1) is 0 Å². The lowest BCUT2D eigenvalue weighted by atomic mass is 9.35. The molecule has 9 unspecified atom stereocenters. The Labute approximate surface area is 212 Å². The van der Waals surface area contributed by atoms with E-state index in [0.717, 1.165) is 43.4 Å². The first-order valence-electron chi connectivity index (χ1n) is 15.1. The number of aliphatic hydroxyl groups is 1. The average molecular weight is 471 g/mol. The van der Waals surface area contributed by atoms with Crippen molar-refractivity contribution in [2.24, 2.45) is 51.2 Å². The molecule has 0 aliphatic heterocycles. The van der Waals surface area contributed by atoms with E-state index in [0.29, 0.717) is 33.5 Å². The highest BCUT2D eigenvalue weighted by atomic mass is 16.3. The number of rotatable bonds is 6. The number of hydrogen-bond donors (Lipinski definition) is 1. The van der Waals surface area contributed by atoms with Gasteiger partial charge in [0.1, 0.15) is 0 Å². The first kappa shape index (κ1) is 26.8. The van der Waals surface area contributed by atoms with Crippen molar-refractivity contribution in [3.05, 3.63) is 11.6 Å². The maximum atomic E-state index is 12.0. The van der Waals surface area contributed by atoms with Crippen LogP contribution < -0.4 is 0 Å². The Morgan fingerprint density at radius 1 is 0.882 bits per heavy atom. The summed E-state index contributed by atoms with van der Waals surface area (Å²) in [5.74, 6) is 3.79. The lowest BCUT2D eigenvalue weighted by Crippen LogP contribution is -2.63. The molecule has 0 aromatic carbocycles. The SMILES string of the molecule is CCC(O)(CCCC=C(C)C)C1CCC2(C)C1CCC1C3(C)CCC(C)C(C)(C)C3CCC12C. The van der Waals surface area contributed by atoms with Gasteiger partial charge in [0.05, 0.1) is 5.60 Å². The van der Waals surface area contributed by atoms with E-state index in [1.54, 1.807) is 0 Å². The summed E-state index contributed by atoms with van der Waals surface area (Å²) in [4.78, 5) is 0. The van der Waals surface area contributed by atoms with Crippen molar-refractivity contribution >= 4 is 0 Å². The molecule has 1 nitrogen and oxygen atoms in total. The lowest BCUT2D eigenvalue weighted by molar-refractivity contribution is -0.216. The third kappa shape index (κ3) is 3.80. The quantitative estimate of drug-likeness (QED) is 0.302. The topological polar surface area (TPSA) is 20.2 Å². The zero-order valence-electron chi connectivity index (χ0n) is 24.4. The summed E-state index contributed by atoms with van der Waals surface area (Å²) in [6, 6.07) is 0. The molecule has 34 heavy (non-hydrogen) atoms. The van der Waals surface area contributed by atoms with E-state index in [-0.39, 0.29) is 0 Å². The van der Waals surface area contributed by atoms with Crippen molar-refractivity contribution in [3.8, 4) is 0 Å². The molecule has 4 aliphatic rings. The van der Waals surface area contributed by atoms with Gasteiger partial charge in [-0.1, -0.05) is 60.1 Å². The molecule has 1 heteroatoms. The Hall–Kier alpha value is -0.300. The van der Waals surface area contributed by atoms with Crippen LogP contribution in [0, 0.1) is 51.2 Å². The van der Waals surface area contributed by atoms with Gasteiger partial charge in [0.15, 0.2) is 0 Å². The highest BCUT2D eigenvalue weighted by Gasteiger charge is 2.69. The van der Waals surface area contributed by atoms with Crippen LogP contribution in [-0.2, 0) is 0 Å². The van der Waals surface area contributed by atoms with Gasteiger partial charge in [-0.3, -0.25) is 0 Å². The van der Waals surface area contributed by atoms with Crippen LogP contribution in [0.5, 0.6) is 0 Å². The molecule has 4 fully saturated rings. The molecular weight excluding hydrogens is 412 g/mol. The van der Waals surface area contributed by atoms with E-state index in [9.17, 15) is 5.11 Å². The van der Waals surface area contributed by atoms with Gasteiger partial charge in [-0.25, -0.2) is 0 Å². The predicted octanol–water partition coefficient (Wildman–Crippen LogP) is 9.59. The third-order valence-electron chi connectivity index (χ3n) is 13.6. The third-order valence-corrected chi connectivity index (χ3v) is 13.6. The lowest BCUT2D eigenvalue weighted by Gasteiger charge is -2.70. The minimum absolute atomic E-state index is 0.394. The maximum Gasteiger partial charge on any atom is 0.0676 e. The molecule has 196 valence electrons. The molecule has 1 N–H and O–H groups in total. The van der Waals surface area contributed by atoms with Gasteiger partial charge >= 0.3 is 0 Å². The minimum atomic E-state index is -0.468. The fraction of sp³-hybridized carbons (Fsp3) is 0.939. The zero-order chi connectivity index (χ0) is 25.2. The minimum Gasteiger partial charge on any atom is -0.390 e. The van der Waals surface area contributed by atoms with E-state index in [1.165, 1.54) is 56.9 Å². The van der Waals surface area contributed by atoms with Crippen LogP contribution in [0.25, 0.3) is 0 Å². The van der Waals surface area contributed by atoms with Gasteiger partial charge in [-0.05, 0) is 142 Å². The Morgan fingerprint density at radius 2 is 1.56 bits per heavy atom. The molecule has 4 saturated carbocycles. The summed E-state index contributed by atoms with van der Waals surface area (Å²) in [6.45, 7) is 22.5. The fourth-order valence-electron chi connectivity index (χ4n) is 11.0. The van der Waals surface area contributed by atoms with Crippen LogP contribution in [0.2, 0.25) is 0 Å². The Bertz CT molecular complexity index is 775. The van der Waals surface area contributed by atoms with Crippen LogP contribution >= 0.6 is 0 Å². The summed E-state index contributed by atoms with van der Waals surface area (Å²) in [5.41, 5.74) is 2.74. The highest BCUT2D eigenvalue weighted by molar-refractivity contribution is 5.18. The van der Waals surface area contributed by atoms with E-state index in [1.807, 2.05) is 0 Å². The van der Waals surface area contributed by atoms with Gasteiger partial charge in [0.25, 0.3) is 0 Å². The van der Waals surface area contributed by atoms with Gasteiger partial charge in [0, 0.05) is 0 Å². The van der Waals surface area contributed by atoms with Gasteiger partial charge < -0.3 is 5.11 Å². The van der Waals surface area contributed by atoms with Crippen LogP contribution in [0.15, 0.2) is 11.6 Å². The molecule has 0 amide bonds. The molecule has 4 aliphatic carbocycles. The van der Waals surface area contributed by atoms with Crippen molar-refractivity contribution in [2.45, 2.75) is 145 Å². The molecule has 0 bridgehead atoms. The molecular formula is C33H58O. The predicted molar refractivity (Wildman–Crippen MR) is 147 cm³/mol. The summed E-state index contributed by atoms with van der Waals surface area (Å²) in [6.07, 6.45) is 17.5. The number of hydrogen-bond acceptors (Lipinski definition) is 1. The van der Waals surface area contributed by atoms with Gasteiger partial charge in [-0.2, -0.15) is 0 Å². The second kappa shape index (κ2) is 8.92. The number of unbranched alkanes of at least 4 members (excludes halogenated alkanes) is 1. The number of allylic oxidation sites excluding steroid dienone is 2. The van der Waals surface area contributed by atoms with Crippen molar-refractivity contribution in [1.29, 1.82) is 0 Å². The molecule has 4 rings (SSSR count). The van der Waals surface area contributed by atoms with Crippen LogP contribution in [0.3, 0.4) is 0 Å². The Morgan fingerprint density at radius 3 is 2.21 bits per heavy atom. The van der Waals surface area contributed by atoms with Crippen molar-refractivity contribution in [2.75, 3.05) is 0 Å². The van der Waals surface area contributed by atoms with Crippen LogP contribution in [0.4, 0.5) is 0 Å². The molecule has 0 saturated heterocycles. The Kier molecular flexibility index (Phi) is 7.02. The standard InChI is InChI=1S/C33H58O/c1-10-33(34,19-12-11-13-23(2)3)26-17-21-31(8)25(26)14-15-28-30(7)20-16-24(4)29(5,6)27(30)18-22-32(28,31)9/h13,24-28,34H,10-12,14-22H2,1-9H3. The normalized spacial score (nSPS) is 47.2. The van der Waals surface area contributed by atoms with Crippen LogP contribution in [0.1, 0.15) is 139 Å². The largest absolute Gasteiger partial charge is 0.390 e. The molecule has 0 radical (unpaired) electrons. The molecule has 0 heterocycles. The van der Waals surface area contributed by atoms with E-state index in [2.05, 4.69) is 68.4 Å². The molecule has 0 spiro atoms. The van der Waals surface area contributed by atoms with Gasteiger partial charge in [0.2, 0.25) is 0 Å². The fourth-order valence-corrected chi connectivity index (χ4v) is 11.0. The summed E-state index contributed by atoms with van der Waals surface area (Å²) in [5, 5.41) is 12.0. The number of fused-ring (bicyclic) bond motifs is 5. The monoisotopic (exact) mass is 470 g/mol. The molecule has 0 aromatic rings. The van der Waals surface area contributed by atoms with Crippen molar-refractivity contribution < 1.29 is 5.11 Å². The first-order valence-corrected chi connectivity index (χ1v) is 15.1.